The Bertz CT molecular complexity index is 375. The summed E-state index contributed by atoms with van der Waals surface area (Å²) in [7, 11) is 0. The van der Waals surface area contributed by atoms with Gasteiger partial charge in [-0.1, -0.05) is 96.8 Å². The summed E-state index contributed by atoms with van der Waals surface area (Å²) in [5.41, 5.74) is 0. The van der Waals surface area contributed by atoms with Gasteiger partial charge in [-0.2, -0.15) is 0 Å². The van der Waals surface area contributed by atoms with Crippen LogP contribution in [-0.4, -0.2) is 24.9 Å². The molecule has 160 valence electrons. The molecule has 0 atom stereocenters. The first-order valence-corrected chi connectivity index (χ1v) is 11.9. The van der Waals surface area contributed by atoms with Gasteiger partial charge < -0.3 is 10.6 Å². The first-order chi connectivity index (χ1) is 11.8. The molecule has 5 N–H and O–H groups in total. The summed E-state index contributed by atoms with van der Waals surface area (Å²) < 4.78 is 31.9. The Balaban J connectivity index is -0.000000772. The van der Waals surface area contributed by atoms with Crippen molar-refractivity contribution in [2.45, 2.75) is 110 Å². The van der Waals surface area contributed by atoms with Crippen molar-refractivity contribution in [3.8, 4) is 0 Å². The van der Waals surface area contributed by atoms with E-state index < -0.39 is 19.6 Å². The Hall–Kier alpha value is -0.518. The van der Waals surface area contributed by atoms with Gasteiger partial charge >= 0.3 is 35.5 Å². The summed E-state index contributed by atoms with van der Waals surface area (Å²) in [5, 5.41) is 8.52. The minimum absolute atomic E-state index is 0. The van der Waals surface area contributed by atoms with Crippen LogP contribution >= 0.6 is 0 Å². The fourth-order valence-electron chi connectivity index (χ4n) is 2.65. The standard InChI is InChI=1S/C18H36O2.Cr.3H2O.2O/c1-2-3-4-5-6-7-8-9-10-11-12-13-14-15-16-17-18(19)20;;;;;;/h2-17H2,1H3,(H,19,20);;3*1H2;;/q;+2;;;;;/p-2. The Morgan fingerprint density at radius 1 is 0.654 bits per heavy atom. The summed E-state index contributed by atoms with van der Waals surface area (Å²) in [6.07, 6.45) is 20.2. The predicted octanol–water partition coefficient (Wildman–Crippen LogP) is 4.15. The molecule has 0 heterocycles. The van der Waals surface area contributed by atoms with E-state index in [0.717, 1.165) is 12.8 Å². The molecule has 26 heavy (non-hydrogen) atoms. The van der Waals surface area contributed by atoms with Crippen molar-refractivity contribution in [2.75, 3.05) is 0 Å². The molecule has 0 unspecified atom stereocenters. The molecular formula is C18H40CrO7. The Morgan fingerprint density at radius 3 is 1.12 bits per heavy atom. The monoisotopic (exact) mass is 420 g/mol. The van der Waals surface area contributed by atoms with Gasteiger partial charge in [-0.15, -0.1) is 0 Å². The van der Waals surface area contributed by atoms with E-state index >= 15 is 0 Å². The molecule has 0 saturated carbocycles. The molecule has 0 aliphatic heterocycles. The van der Waals surface area contributed by atoms with Crippen LogP contribution in [0, 0.1) is 0 Å². The van der Waals surface area contributed by atoms with Gasteiger partial charge in [0.05, 0.1) is 0 Å². The molecular weight excluding hydrogens is 380 g/mol. The van der Waals surface area contributed by atoms with Gasteiger partial charge in [-0.3, -0.25) is 4.79 Å². The van der Waals surface area contributed by atoms with Gasteiger partial charge in [-0.25, -0.2) is 0 Å². The Kier molecular flexibility index (Phi) is 26.2. The van der Waals surface area contributed by atoms with Crippen molar-refractivity contribution in [1.82, 2.24) is 0 Å². The number of carbonyl (C=O) groups is 1. The third-order valence-corrected chi connectivity index (χ3v) is 3.99. The van der Waals surface area contributed by atoms with Crippen molar-refractivity contribution >= 4 is 5.97 Å². The SMILES string of the molecule is CCCCCCCCCCCCCCCCCC(=O)O.O.[O]=[Cr](=[O])([OH])[OH]. The first-order valence-electron chi connectivity index (χ1n) is 9.69. The van der Waals surface area contributed by atoms with Gasteiger partial charge in [0.15, 0.2) is 0 Å². The second-order valence-corrected chi connectivity index (χ2v) is 7.94. The number of hydrogen-bond donors (Lipinski definition) is 3. The van der Waals surface area contributed by atoms with Crippen LogP contribution in [0.2, 0.25) is 0 Å². The van der Waals surface area contributed by atoms with Crippen LogP contribution in [0.5, 0.6) is 0 Å². The van der Waals surface area contributed by atoms with Gasteiger partial charge in [0.1, 0.15) is 0 Å². The number of aliphatic carboxylic acids is 1. The van der Waals surface area contributed by atoms with Crippen LogP contribution in [0.4, 0.5) is 0 Å². The average Bonchev–Trinajstić information content (AvgIpc) is 2.49. The molecule has 8 heteroatoms. The molecule has 0 aromatic heterocycles. The number of rotatable bonds is 16. The molecule has 0 aromatic rings. The third-order valence-electron chi connectivity index (χ3n) is 3.99. The third kappa shape index (κ3) is 43.7. The van der Waals surface area contributed by atoms with Gasteiger partial charge in [0.25, 0.3) is 0 Å². The summed E-state index contributed by atoms with van der Waals surface area (Å²) >= 11 is -5.25. The van der Waals surface area contributed by atoms with E-state index in [1.807, 2.05) is 0 Å². The zero-order valence-electron chi connectivity index (χ0n) is 16.3. The van der Waals surface area contributed by atoms with Crippen LogP contribution < -0.4 is 0 Å². The predicted molar refractivity (Wildman–Crippen MR) is 96.6 cm³/mol. The van der Waals surface area contributed by atoms with E-state index in [2.05, 4.69) is 6.92 Å². The van der Waals surface area contributed by atoms with Crippen molar-refractivity contribution in [2.24, 2.45) is 0 Å². The summed E-state index contributed by atoms with van der Waals surface area (Å²) in [6.45, 7) is 2.27. The van der Waals surface area contributed by atoms with Crippen molar-refractivity contribution in [3.05, 3.63) is 0 Å². The molecule has 0 radical (unpaired) electrons. The van der Waals surface area contributed by atoms with Crippen LogP contribution in [0.1, 0.15) is 110 Å². The van der Waals surface area contributed by atoms with E-state index in [1.54, 1.807) is 0 Å². The molecule has 0 amide bonds. The second kappa shape index (κ2) is 22.5. The van der Waals surface area contributed by atoms with E-state index in [1.165, 1.54) is 83.5 Å². The quantitative estimate of drug-likeness (QED) is 0.320. The van der Waals surface area contributed by atoms with Gasteiger partial charge in [0.2, 0.25) is 0 Å². The van der Waals surface area contributed by atoms with Crippen LogP contribution in [0.3, 0.4) is 0 Å². The van der Waals surface area contributed by atoms with Crippen molar-refractivity contribution in [1.29, 1.82) is 0 Å². The van der Waals surface area contributed by atoms with E-state index in [-0.39, 0.29) is 5.48 Å². The maximum absolute atomic E-state index is 10.3. The van der Waals surface area contributed by atoms with E-state index in [0.29, 0.717) is 6.42 Å². The molecule has 0 aromatic carbocycles. The van der Waals surface area contributed by atoms with Crippen LogP contribution in [0.25, 0.3) is 0 Å². The minimum atomic E-state index is -5.25. The molecule has 0 saturated heterocycles. The topological polar surface area (TPSA) is 143 Å². The number of unbranched alkanes of at least 4 members (excludes halogenated alkanes) is 14. The first kappa shape index (κ1) is 30.2. The van der Waals surface area contributed by atoms with Gasteiger partial charge in [-0.05, 0) is 6.42 Å². The molecule has 0 bridgehead atoms. The average molecular weight is 421 g/mol. The number of hydrogen-bond acceptors (Lipinski definition) is 3. The van der Waals surface area contributed by atoms with Crippen molar-refractivity contribution in [3.63, 3.8) is 0 Å². The molecule has 0 aliphatic carbocycles. The fraction of sp³-hybridized carbons (Fsp3) is 0.944. The van der Waals surface area contributed by atoms with E-state index in [9.17, 15) is 4.79 Å². The molecule has 7 nitrogen and oxygen atoms in total. The summed E-state index contributed by atoms with van der Waals surface area (Å²) in [5.74, 6) is -0.653. The van der Waals surface area contributed by atoms with Crippen LogP contribution in [-0.2, 0) is 26.0 Å². The summed E-state index contributed by atoms with van der Waals surface area (Å²) in [6, 6.07) is 0. The zero-order chi connectivity index (χ0) is 19.4. The maximum atomic E-state index is 10.3. The second-order valence-electron chi connectivity index (χ2n) is 6.54. The molecule has 0 spiro atoms. The zero-order valence-corrected chi connectivity index (χ0v) is 17.6. The molecule has 0 fully saturated rings. The molecule has 0 aliphatic rings. The molecule has 0 rings (SSSR count). The Morgan fingerprint density at radius 2 is 0.885 bits per heavy atom. The Labute approximate surface area is 160 Å². The normalized spacial score (nSPS) is 10.6. The van der Waals surface area contributed by atoms with Crippen molar-refractivity contribution < 1.29 is 44.9 Å². The fourth-order valence-corrected chi connectivity index (χ4v) is 2.65. The number of carboxylic acids is 1. The van der Waals surface area contributed by atoms with Crippen LogP contribution in [0.15, 0.2) is 0 Å². The van der Waals surface area contributed by atoms with E-state index in [4.69, 9.17) is 21.0 Å². The van der Waals surface area contributed by atoms with Gasteiger partial charge in [0, 0.05) is 6.42 Å². The number of carboxylic acid groups (broad SMARTS) is 1. The summed E-state index contributed by atoms with van der Waals surface area (Å²) in [4.78, 5) is 10.3.